The van der Waals surface area contributed by atoms with Crippen molar-refractivity contribution in [2.75, 3.05) is 4.90 Å². The Kier molecular flexibility index (Phi) is 3.04. The van der Waals surface area contributed by atoms with Crippen molar-refractivity contribution in [1.82, 2.24) is 4.98 Å². The van der Waals surface area contributed by atoms with E-state index >= 15 is 0 Å². The maximum Gasteiger partial charge on any atom is 0.0620 e. The van der Waals surface area contributed by atoms with Gasteiger partial charge in [-0.25, -0.2) is 0 Å². The molecule has 22 heavy (non-hydrogen) atoms. The van der Waals surface area contributed by atoms with Crippen LogP contribution in [0.3, 0.4) is 0 Å². The van der Waals surface area contributed by atoms with Crippen LogP contribution in [0.25, 0.3) is 0 Å². The minimum Gasteiger partial charge on any atom is -0.359 e. The van der Waals surface area contributed by atoms with Crippen molar-refractivity contribution < 1.29 is 0 Å². The summed E-state index contributed by atoms with van der Waals surface area (Å²) in [5.74, 6) is 0.654. The summed E-state index contributed by atoms with van der Waals surface area (Å²) in [4.78, 5) is 7.40. The summed E-state index contributed by atoms with van der Waals surface area (Å²) in [7, 11) is 0. The van der Waals surface area contributed by atoms with Gasteiger partial charge in [-0.05, 0) is 63.3 Å². The van der Waals surface area contributed by atoms with Crippen molar-refractivity contribution >= 4 is 5.69 Å². The van der Waals surface area contributed by atoms with Crippen LogP contribution >= 0.6 is 0 Å². The number of pyridine rings is 1. The van der Waals surface area contributed by atoms with Gasteiger partial charge < -0.3 is 4.90 Å². The average Bonchev–Trinajstić information content (AvgIpc) is 2.49. The first-order valence-electron chi connectivity index (χ1n) is 8.40. The molecule has 5 rings (SSSR count). The third-order valence-electron chi connectivity index (χ3n) is 5.61. The van der Waals surface area contributed by atoms with Crippen LogP contribution < -0.4 is 4.90 Å². The molecule has 3 atom stereocenters. The number of hydrogen-bond acceptors (Lipinski definition) is 2. The van der Waals surface area contributed by atoms with Gasteiger partial charge in [-0.1, -0.05) is 24.3 Å². The van der Waals surface area contributed by atoms with Gasteiger partial charge >= 0.3 is 0 Å². The highest BCUT2D eigenvalue weighted by Gasteiger charge is 2.43. The Bertz CT molecular complexity index is 711. The quantitative estimate of drug-likeness (QED) is 0.748. The Morgan fingerprint density at radius 3 is 2.50 bits per heavy atom. The number of aryl methyl sites for hydroxylation is 3. The topological polar surface area (TPSA) is 16.1 Å². The van der Waals surface area contributed by atoms with Crippen LogP contribution in [0, 0.1) is 20.8 Å². The van der Waals surface area contributed by atoms with Crippen molar-refractivity contribution in [3.8, 4) is 0 Å². The molecule has 1 aliphatic carbocycles. The molecule has 2 nitrogen and oxygen atoms in total. The van der Waals surface area contributed by atoms with Crippen molar-refractivity contribution in [2.24, 2.45) is 0 Å². The van der Waals surface area contributed by atoms with Gasteiger partial charge in [0, 0.05) is 17.7 Å². The van der Waals surface area contributed by atoms with Gasteiger partial charge in [-0.15, -0.1) is 0 Å². The number of piperidine rings is 1. The third-order valence-corrected chi connectivity index (χ3v) is 5.61. The van der Waals surface area contributed by atoms with Crippen LogP contribution in [0.4, 0.5) is 5.69 Å². The van der Waals surface area contributed by atoms with Gasteiger partial charge in [0.1, 0.15) is 0 Å². The minimum atomic E-state index is 0.512. The number of nitrogens with zero attached hydrogens (tertiary/aromatic N) is 2. The van der Waals surface area contributed by atoms with E-state index in [1.165, 1.54) is 35.3 Å². The Hall–Kier alpha value is -1.83. The molecule has 1 aromatic carbocycles. The van der Waals surface area contributed by atoms with E-state index in [1.54, 1.807) is 5.56 Å². The normalized spacial score (nSPS) is 26.2. The first kappa shape index (κ1) is 13.8. The molecule has 1 aromatic heterocycles. The lowest BCUT2D eigenvalue weighted by atomic mass is 9.70. The van der Waals surface area contributed by atoms with Gasteiger partial charge in [0.2, 0.25) is 0 Å². The van der Waals surface area contributed by atoms with E-state index in [9.17, 15) is 0 Å². The van der Waals surface area contributed by atoms with Crippen LogP contribution in [0.15, 0.2) is 30.3 Å². The van der Waals surface area contributed by atoms with Gasteiger partial charge in [-0.3, -0.25) is 4.98 Å². The molecule has 114 valence electrons. The fourth-order valence-electron chi connectivity index (χ4n) is 4.83. The van der Waals surface area contributed by atoms with Crippen molar-refractivity contribution in [3.63, 3.8) is 0 Å². The first-order valence-corrected chi connectivity index (χ1v) is 8.40. The molecule has 2 unspecified atom stereocenters. The summed E-state index contributed by atoms with van der Waals surface area (Å²) in [5, 5.41) is 0. The van der Waals surface area contributed by atoms with E-state index in [-0.39, 0.29) is 0 Å². The number of aromatic nitrogens is 1. The molecule has 1 saturated heterocycles. The number of benzene rings is 1. The largest absolute Gasteiger partial charge is 0.359 e. The maximum atomic E-state index is 4.74. The molecule has 2 bridgehead atoms. The van der Waals surface area contributed by atoms with Gasteiger partial charge in [0.05, 0.1) is 17.4 Å². The molecule has 0 radical (unpaired) electrons. The lowest BCUT2D eigenvalue weighted by molar-refractivity contribution is 0.324. The standard InChI is InChI=1S/C20H24N2/c1-12-11-13(2)21-14(3)20(12)22-15(4)16-9-10-19(22)18-8-6-5-7-17(16)18/h5-8,11,15-16,19H,9-10H2,1-4H3/t15-,16?,19?/m0/s1. The van der Waals surface area contributed by atoms with Crippen molar-refractivity contribution in [1.29, 1.82) is 0 Å². The zero-order valence-electron chi connectivity index (χ0n) is 13.9. The van der Waals surface area contributed by atoms with Gasteiger partial charge in [-0.2, -0.15) is 0 Å². The minimum absolute atomic E-state index is 0.512. The molecule has 0 N–H and O–H groups in total. The molecule has 3 aliphatic rings. The molecule has 1 fully saturated rings. The number of rotatable bonds is 1. The molecule has 2 heteroatoms. The number of fused-ring (bicyclic) bond motifs is 2. The SMILES string of the molecule is Cc1cc(C)c(N2C3CCC(c4ccccc43)[C@@H]2C)c(C)n1. The van der Waals surface area contributed by atoms with Crippen LogP contribution in [-0.2, 0) is 0 Å². The lowest BCUT2D eigenvalue weighted by Gasteiger charge is -2.53. The first-order chi connectivity index (χ1) is 10.6. The second kappa shape index (κ2) is 4.84. The van der Waals surface area contributed by atoms with Crippen LogP contribution in [-0.4, -0.2) is 11.0 Å². The molecule has 0 saturated carbocycles. The highest BCUT2D eigenvalue weighted by molar-refractivity contribution is 5.62. The summed E-state index contributed by atoms with van der Waals surface area (Å²) in [6.45, 7) is 8.88. The Labute approximate surface area is 133 Å². The summed E-state index contributed by atoms with van der Waals surface area (Å²) in [6.07, 6.45) is 2.58. The molecular formula is C20H24N2. The van der Waals surface area contributed by atoms with E-state index in [0.29, 0.717) is 18.0 Å². The molecular weight excluding hydrogens is 268 g/mol. The fraction of sp³-hybridized carbons (Fsp3) is 0.450. The van der Waals surface area contributed by atoms with Crippen LogP contribution in [0.2, 0.25) is 0 Å². The van der Waals surface area contributed by atoms with E-state index in [0.717, 1.165) is 5.69 Å². The lowest BCUT2D eigenvalue weighted by Crippen LogP contribution is -2.49. The van der Waals surface area contributed by atoms with Crippen molar-refractivity contribution in [2.45, 2.75) is 58.5 Å². The predicted molar refractivity (Wildman–Crippen MR) is 91.5 cm³/mol. The smallest absolute Gasteiger partial charge is 0.0620 e. The van der Waals surface area contributed by atoms with Gasteiger partial charge in [0.15, 0.2) is 0 Å². The Morgan fingerprint density at radius 1 is 1.05 bits per heavy atom. The second-order valence-electron chi connectivity index (χ2n) is 6.99. The molecule has 2 aromatic rings. The summed E-state index contributed by atoms with van der Waals surface area (Å²) >= 11 is 0. The van der Waals surface area contributed by atoms with E-state index in [4.69, 9.17) is 4.98 Å². The highest BCUT2D eigenvalue weighted by atomic mass is 15.2. The van der Waals surface area contributed by atoms with Crippen molar-refractivity contribution in [3.05, 3.63) is 58.4 Å². The third kappa shape index (κ3) is 1.83. The Morgan fingerprint density at radius 2 is 1.77 bits per heavy atom. The van der Waals surface area contributed by atoms with Crippen LogP contribution in [0.5, 0.6) is 0 Å². The van der Waals surface area contributed by atoms with Gasteiger partial charge in [0.25, 0.3) is 0 Å². The molecule has 3 heterocycles. The molecule has 0 amide bonds. The predicted octanol–water partition coefficient (Wildman–Crippen LogP) is 4.83. The van der Waals surface area contributed by atoms with Crippen LogP contribution in [0.1, 0.15) is 59.8 Å². The monoisotopic (exact) mass is 292 g/mol. The summed E-state index contributed by atoms with van der Waals surface area (Å²) in [5.41, 5.74) is 8.14. The number of anilines is 1. The van der Waals surface area contributed by atoms with E-state index in [2.05, 4.69) is 62.9 Å². The zero-order valence-corrected chi connectivity index (χ0v) is 13.9. The maximum absolute atomic E-state index is 4.74. The Balaban J connectivity index is 1.88. The summed E-state index contributed by atoms with van der Waals surface area (Å²) < 4.78 is 0. The zero-order chi connectivity index (χ0) is 15.4. The summed E-state index contributed by atoms with van der Waals surface area (Å²) in [6, 6.07) is 12.3. The highest BCUT2D eigenvalue weighted by Crippen LogP contribution is 2.52. The molecule has 0 spiro atoms. The average molecular weight is 292 g/mol. The van der Waals surface area contributed by atoms with E-state index in [1.807, 2.05) is 0 Å². The second-order valence-corrected chi connectivity index (χ2v) is 6.99. The van der Waals surface area contributed by atoms with E-state index < -0.39 is 0 Å². The number of hydrogen-bond donors (Lipinski definition) is 0. The fourth-order valence-corrected chi connectivity index (χ4v) is 4.83. The molecule has 2 aliphatic heterocycles.